The summed E-state index contributed by atoms with van der Waals surface area (Å²) in [6, 6.07) is 20.7. The van der Waals surface area contributed by atoms with Crippen LogP contribution in [0.5, 0.6) is 5.75 Å². The molecule has 4 aromatic rings. The molecule has 1 fully saturated rings. The molecule has 7 nitrogen and oxygen atoms in total. The molecule has 1 saturated heterocycles. The summed E-state index contributed by atoms with van der Waals surface area (Å²) >= 11 is 0. The number of nitrogens with zero attached hydrogens (tertiary/aromatic N) is 4. The summed E-state index contributed by atoms with van der Waals surface area (Å²) in [5.74, 6) is 1.06. The molecule has 0 aromatic heterocycles. The molecule has 1 heterocycles. The van der Waals surface area contributed by atoms with Gasteiger partial charge in [-0.3, -0.25) is 15.1 Å². The van der Waals surface area contributed by atoms with Crippen molar-refractivity contribution in [1.82, 2.24) is 0 Å². The van der Waals surface area contributed by atoms with Crippen LogP contribution < -0.4 is 9.80 Å². The zero-order chi connectivity index (χ0) is 30.1. The van der Waals surface area contributed by atoms with E-state index in [9.17, 15) is 15.2 Å². The van der Waals surface area contributed by atoms with E-state index >= 15 is 0 Å². The maximum atomic E-state index is 11.1. The number of anilines is 2. The second kappa shape index (κ2) is 11.5. The highest BCUT2D eigenvalue weighted by molar-refractivity contribution is 5.86. The van der Waals surface area contributed by atoms with E-state index in [1.165, 1.54) is 69.2 Å². The summed E-state index contributed by atoms with van der Waals surface area (Å²) in [6.07, 6.45) is 3.67. The second-order valence-electron chi connectivity index (χ2n) is 11.2. The van der Waals surface area contributed by atoms with Gasteiger partial charge in [-0.2, -0.15) is 0 Å². The van der Waals surface area contributed by atoms with Gasteiger partial charge in [0.2, 0.25) is 0 Å². The standard InChI is InChI=1S/C35H36N4O3/c1-22-15-24(3)34(25(4)16-22)37-13-14-38(35-26(5)17-23(2)18-27(35)6)33(37)19-28-7-9-30(10-8-28)36-21-29-20-31(39(41)42)11-12-32(29)40/h7-12,15-21,40H,13-14H2,1-6H3. The van der Waals surface area contributed by atoms with Crippen molar-refractivity contribution in [2.75, 3.05) is 22.9 Å². The minimum Gasteiger partial charge on any atom is -0.507 e. The number of phenolic OH excluding ortho intramolecular Hbond substituents is 1. The first-order valence-corrected chi connectivity index (χ1v) is 14.1. The molecule has 214 valence electrons. The van der Waals surface area contributed by atoms with Crippen LogP contribution in [0.25, 0.3) is 6.08 Å². The molecule has 1 aliphatic rings. The van der Waals surface area contributed by atoms with Crippen molar-refractivity contribution >= 4 is 35.0 Å². The van der Waals surface area contributed by atoms with Gasteiger partial charge in [-0.05, 0) is 93.6 Å². The highest BCUT2D eigenvalue weighted by Crippen LogP contribution is 2.39. The molecule has 0 bridgehead atoms. The van der Waals surface area contributed by atoms with Crippen molar-refractivity contribution in [3.63, 3.8) is 0 Å². The fourth-order valence-electron chi connectivity index (χ4n) is 6.09. The Morgan fingerprint density at radius 3 is 1.74 bits per heavy atom. The van der Waals surface area contributed by atoms with Gasteiger partial charge in [-0.25, -0.2) is 0 Å². The first-order valence-electron chi connectivity index (χ1n) is 14.1. The number of aromatic hydroxyl groups is 1. The van der Waals surface area contributed by atoms with Crippen LogP contribution in [0.1, 0.15) is 44.5 Å². The third kappa shape index (κ3) is 5.77. The molecular weight excluding hydrogens is 524 g/mol. The number of nitro benzene ring substituents is 1. The molecule has 0 unspecified atom stereocenters. The lowest BCUT2D eigenvalue weighted by Crippen LogP contribution is -2.25. The number of non-ortho nitro benzene ring substituents is 1. The Labute approximate surface area is 247 Å². The number of rotatable bonds is 6. The number of aryl methyl sites for hydroxylation is 6. The van der Waals surface area contributed by atoms with E-state index in [1.807, 2.05) is 24.3 Å². The minimum atomic E-state index is -0.492. The Bertz CT molecular complexity index is 1620. The van der Waals surface area contributed by atoms with Crippen LogP contribution in [0.15, 0.2) is 77.5 Å². The van der Waals surface area contributed by atoms with Crippen molar-refractivity contribution in [2.45, 2.75) is 41.5 Å². The lowest BCUT2D eigenvalue weighted by Gasteiger charge is -2.30. The lowest BCUT2D eigenvalue weighted by molar-refractivity contribution is -0.384. The maximum Gasteiger partial charge on any atom is 0.270 e. The van der Waals surface area contributed by atoms with Gasteiger partial charge in [0.1, 0.15) is 11.6 Å². The zero-order valence-corrected chi connectivity index (χ0v) is 25.0. The van der Waals surface area contributed by atoms with Crippen LogP contribution in [-0.2, 0) is 0 Å². The second-order valence-corrected chi connectivity index (χ2v) is 11.2. The van der Waals surface area contributed by atoms with E-state index in [-0.39, 0.29) is 11.4 Å². The summed E-state index contributed by atoms with van der Waals surface area (Å²) < 4.78 is 0. The van der Waals surface area contributed by atoms with E-state index < -0.39 is 4.92 Å². The highest BCUT2D eigenvalue weighted by atomic mass is 16.6. The average Bonchev–Trinajstić information content (AvgIpc) is 3.30. The molecule has 4 aromatic carbocycles. The fourth-order valence-corrected chi connectivity index (χ4v) is 6.09. The predicted octanol–water partition coefficient (Wildman–Crippen LogP) is 8.23. The van der Waals surface area contributed by atoms with Crippen LogP contribution in [-0.4, -0.2) is 29.3 Å². The smallest absolute Gasteiger partial charge is 0.270 e. The molecular formula is C35H36N4O3. The number of benzene rings is 4. The van der Waals surface area contributed by atoms with Gasteiger partial charge in [-0.1, -0.05) is 47.5 Å². The van der Waals surface area contributed by atoms with Gasteiger partial charge in [-0.15, -0.1) is 0 Å². The molecule has 1 aliphatic heterocycles. The third-order valence-corrected chi connectivity index (χ3v) is 7.67. The predicted molar refractivity (Wildman–Crippen MR) is 172 cm³/mol. The zero-order valence-electron chi connectivity index (χ0n) is 25.0. The van der Waals surface area contributed by atoms with E-state index in [4.69, 9.17) is 0 Å². The Hall–Kier alpha value is -4.91. The average molecular weight is 561 g/mol. The molecule has 0 amide bonds. The number of nitro groups is 1. The molecule has 5 rings (SSSR count). The Balaban J connectivity index is 1.53. The molecule has 1 N–H and O–H groups in total. The Morgan fingerprint density at radius 1 is 0.762 bits per heavy atom. The molecule has 0 aliphatic carbocycles. The quantitative estimate of drug-likeness (QED) is 0.146. The van der Waals surface area contributed by atoms with Crippen molar-refractivity contribution < 1.29 is 10.0 Å². The largest absolute Gasteiger partial charge is 0.507 e. The van der Waals surface area contributed by atoms with E-state index in [2.05, 4.69) is 86.7 Å². The van der Waals surface area contributed by atoms with Crippen LogP contribution in [0.3, 0.4) is 0 Å². The summed E-state index contributed by atoms with van der Waals surface area (Å²) in [5, 5.41) is 21.2. The van der Waals surface area contributed by atoms with Crippen molar-refractivity contribution in [2.24, 2.45) is 4.99 Å². The van der Waals surface area contributed by atoms with Gasteiger partial charge in [0.15, 0.2) is 0 Å². The minimum absolute atomic E-state index is 0.0597. The van der Waals surface area contributed by atoms with Gasteiger partial charge >= 0.3 is 0 Å². The Morgan fingerprint density at radius 2 is 1.26 bits per heavy atom. The number of hydrogen-bond acceptors (Lipinski definition) is 6. The number of phenols is 1. The van der Waals surface area contributed by atoms with Crippen LogP contribution in [0.2, 0.25) is 0 Å². The van der Waals surface area contributed by atoms with Gasteiger partial charge in [0.25, 0.3) is 5.69 Å². The fraction of sp³-hybridized carbons (Fsp3) is 0.229. The molecule has 42 heavy (non-hydrogen) atoms. The van der Waals surface area contributed by atoms with E-state index in [0.717, 1.165) is 24.5 Å². The van der Waals surface area contributed by atoms with E-state index in [1.54, 1.807) is 0 Å². The summed E-state index contributed by atoms with van der Waals surface area (Å²) in [6.45, 7) is 14.8. The summed E-state index contributed by atoms with van der Waals surface area (Å²) in [7, 11) is 0. The van der Waals surface area contributed by atoms with Crippen LogP contribution in [0, 0.1) is 51.7 Å². The first-order chi connectivity index (χ1) is 20.0. The van der Waals surface area contributed by atoms with Crippen LogP contribution >= 0.6 is 0 Å². The molecule has 0 saturated carbocycles. The van der Waals surface area contributed by atoms with Gasteiger partial charge in [0, 0.05) is 48.4 Å². The van der Waals surface area contributed by atoms with Crippen molar-refractivity contribution in [3.05, 3.63) is 127 Å². The molecule has 7 heteroatoms. The monoisotopic (exact) mass is 560 g/mol. The summed E-state index contributed by atoms with van der Waals surface area (Å²) in [4.78, 5) is 19.9. The highest BCUT2D eigenvalue weighted by Gasteiger charge is 2.30. The SMILES string of the molecule is Cc1cc(C)c(N2CCN(c3c(C)cc(C)cc3C)C2=Cc2ccc(N=Cc3cc([N+](=O)[O-])ccc3O)cc2)c(C)c1. The maximum absolute atomic E-state index is 11.1. The topological polar surface area (TPSA) is 82.2 Å². The summed E-state index contributed by atoms with van der Waals surface area (Å²) in [5.41, 5.74) is 11.9. The van der Waals surface area contributed by atoms with Crippen molar-refractivity contribution in [3.8, 4) is 5.75 Å². The van der Waals surface area contributed by atoms with Crippen LogP contribution in [0.4, 0.5) is 22.7 Å². The first kappa shape index (κ1) is 28.6. The normalized spacial score (nSPS) is 13.3. The Kier molecular flexibility index (Phi) is 7.85. The van der Waals surface area contributed by atoms with Gasteiger partial charge < -0.3 is 14.9 Å². The molecule has 0 radical (unpaired) electrons. The number of aliphatic imine (C=N–C) groups is 1. The van der Waals surface area contributed by atoms with Gasteiger partial charge in [0.05, 0.1) is 10.6 Å². The van der Waals surface area contributed by atoms with E-state index in [0.29, 0.717) is 11.3 Å². The number of hydrogen-bond donors (Lipinski definition) is 1. The molecule has 0 spiro atoms. The lowest BCUT2D eigenvalue weighted by atomic mass is 10.0. The van der Waals surface area contributed by atoms with Crippen molar-refractivity contribution in [1.29, 1.82) is 0 Å². The molecule has 0 atom stereocenters. The third-order valence-electron chi connectivity index (χ3n) is 7.67.